The molecule has 1 heterocycles. The summed E-state index contributed by atoms with van der Waals surface area (Å²) in [6, 6.07) is 5.56. The Kier molecular flexibility index (Phi) is 6.28. The van der Waals surface area contributed by atoms with Gasteiger partial charge >= 0.3 is 6.03 Å². The first-order chi connectivity index (χ1) is 11.3. The Bertz CT molecular complexity index is 679. The molecule has 1 aromatic carbocycles. The Morgan fingerprint density at radius 1 is 1.17 bits per heavy atom. The number of aromatic nitrogens is 2. The molecule has 0 aliphatic carbocycles. The predicted octanol–water partition coefficient (Wildman–Crippen LogP) is 2.81. The summed E-state index contributed by atoms with van der Waals surface area (Å²) in [5.74, 6) is 0.331. The second-order valence-corrected chi connectivity index (χ2v) is 7.28. The van der Waals surface area contributed by atoms with Crippen LogP contribution in [-0.4, -0.2) is 27.9 Å². The van der Waals surface area contributed by atoms with Gasteiger partial charge in [-0.3, -0.25) is 0 Å². The highest BCUT2D eigenvalue weighted by Gasteiger charge is 2.12. The largest absolute Gasteiger partial charge is 0.387 e. The topological polar surface area (TPSA) is 87.1 Å². The molecule has 7 heteroatoms. The molecule has 24 heavy (non-hydrogen) atoms. The van der Waals surface area contributed by atoms with Crippen molar-refractivity contribution >= 4 is 17.4 Å². The van der Waals surface area contributed by atoms with Crippen LogP contribution < -0.4 is 10.6 Å². The molecular weight excluding hydrogens is 324 g/mol. The monoisotopic (exact) mass is 348 g/mol. The van der Waals surface area contributed by atoms with Gasteiger partial charge in [-0.2, -0.15) is 0 Å². The highest BCUT2D eigenvalue weighted by Crippen LogP contribution is 2.18. The molecule has 0 fully saturated rings. The van der Waals surface area contributed by atoms with E-state index in [1.54, 1.807) is 0 Å². The molecular formula is C17H24N4O2S. The van der Waals surface area contributed by atoms with Gasteiger partial charge in [0.15, 0.2) is 0 Å². The molecule has 0 bridgehead atoms. The second-order valence-electron chi connectivity index (χ2n) is 6.19. The summed E-state index contributed by atoms with van der Waals surface area (Å²) in [5.41, 5.74) is 2.98. The Hall–Kier alpha value is -1.99. The fourth-order valence-corrected chi connectivity index (χ4v) is 3.08. The SMILES string of the molecule is Cc1cc(C)cc([C@@H](O)CNC(=O)NCc2nnc(C(C)C)s2)c1. The highest BCUT2D eigenvalue weighted by atomic mass is 32.1. The lowest BCUT2D eigenvalue weighted by atomic mass is 10.0. The van der Waals surface area contributed by atoms with Crippen LogP contribution in [0.3, 0.4) is 0 Å². The van der Waals surface area contributed by atoms with Crippen molar-refractivity contribution in [2.24, 2.45) is 0 Å². The highest BCUT2D eigenvalue weighted by molar-refractivity contribution is 7.11. The van der Waals surface area contributed by atoms with Crippen molar-refractivity contribution in [1.29, 1.82) is 0 Å². The second kappa shape index (κ2) is 8.21. The van der Waals surface area contributed by atoms with Gasteiger partial charge in [-0.15, -0.1) is 10.2 Å². The van der Waals surface area contributed by atoms with E-state index in [4.69, 9.17) is 0 Å². The molecule has 0 spiro atoms. The van der Waals surface area contributed by atoms with E-state index >= 15 is 0 Å². The van der Waals surface area contributed by atoms with E-state index in [0.29, 0.717) is 12.5 Å². The van der Waals surface area contributed by atoms with Gasteiger partial charge in [0.25, 0.3) is 0 Å². The maximum absolute atomic E-state index is 11.8. The first kappa shape index (κ1) is 18.4. The van der Waals surface area contributed by atoms with Crippen molar-refractivity contribution in [2.45, 2.75) is 46.3 Å². The summed E-state index contributed by atoms with van der Waals surface area (Å²) < 4.78 is 0. The zero-order chi connectivity index (χ0) is 17.7. The number of aliphatic hydroxyl groups is 1. The lowest BCUT2D eigenvalue weighted by molar-refractivity contribution is 0.173. The Balaban J connectivity index is 1.79. The van der Waals surface area contributed by atoms with Crippen molar-refractivity contribution in [1.82, 2.24) is 20.8 Å². The van der Waals surface area contributed by atoms with Gasteiger partial charge in [-0.25, -0.2) is 4.79 Å². The summed E-state index contributed by atoms with van der Waals surface area (Å²) in [7, 11) is 0. The third-order valence-corrected chi connectivity index (χ3v) is 4.69. The minimum atomic E-state index is -0.733. The molecule has 3 N–H and O–H groups in total. The molecule has 0 radical (unpaired) electrons. The van der Waals surface area contributed by atoms with Crippen molar-refractivity contribution in [2.75, 3.05) is 6.54 Å². The van der Waals surface area contributed by atoms with Crippen molar-refractivity contribution in [3.8, 4) is 0 Å². The molecule has 0 saturated heterocycles. The number of rotatable bonds is 6. The van der Waals surface area contributed by atoms with Gasteiger partial charge in [-0.1, -0.05) is 54.5 Å². The molecule has 130 valence electrons. The minimum Gasteiger partial charge on any atom is -0.387 e. The quantitative estimate of drug-likeness (QED) is 0.749. The third kappa shape index (κ3) is 5.28. The van der Waals surface area contributed by atoms with E-state index in [9.17, 15) is 9.90 Å². The summed E-state index contributed by atoms with van der Waals surface area (Å²) in [4.78, 5) is 11.8. The van der Waals surface area contributed by atoms with Crippen LogP contribution in [0.25, 0.3) is 0 Å². The average Bonchev–Trinajstić information content (AvgIpc) is 2.98. The number of carbonyl (C=O) groups excluding carboxylic acids is 1. The molecule has 0 unspecified atom stereocenters. The van der Waals surface area contributed by atoms with Gasteiger partial charge < -0.3 is 15.7 Å². The zero-order valence-corrected chi connectivity index (χ0v) is 15.3. The number of nitrogens with one attached hydrogen (secondary N) is 2. The van der Waals surface area contributed by atoms with Crippen molar-refractivity contribution in [3.05, 3.63) is 44.9 Å². The number of hydrogen-bond donors (Lipinski definition) is 3. The van der Waals surface area contributed by atoms with E-state index in [1.807, 2.05) is 32.0 Å². The first-order valence-corrected chi connectivity index (χ1v) is 8.77. The molecule has 2 amide bonds. The van der Waals surface area contributed by atoms with Crippen molar-refractivity contribution < 1.29 is 9.90 Å². The fraction of sp³-hybridized carbons (Fsp3) is 0.471. The van der Waals surface area contributed by atoms with Crippen LogP contribution in [-0.2, 0) is 6.54 Å². The van der Waals surface area contributed by atoms with Gasteiger partial charge in [0.2, 0.25) is 0 Å². The average molecular weight is 348 g/mol. The molecule has 1 atom stereocenters. The summed E-state index contributed by atoms with van der Waals surface area (Å²) in [5, 5.41) is 25.5. The maximum Gasteiger partial charge on any atom is 0.315 e. The number of aryl methyl sites for hydroxylation is 2. The third-order valence-electron chi connectivity index (χ3n) is 3.46. The number of amides is 2. The summed E-state index contributed by atoms with van der Waals surface area (Å²) in [6.45, 7) is 8.56. The van der Waals surface area contributed by atoms with Crippen LogP contribution in [0.2, 0.25) is 0 Å². The van der Waals surface area contributed by atoms with E-state index < -0.39 is 6.10 Å². The normalized spacial score (nSPS) is 12.2. The number of aliphatic hydroxyl groups excluding tert-OH is 1. The molecule has 0 saturated carbocycles. The van der Waals surface area contributed by atoms with Crippen LogP contribution in [0, 0.1) is 13.8 Å². The maximum atomic E-state index is 11.8. The number of hydrogen-bond acceptors (Lipinski definition) is 5. The standard InChI is InChI=1S/C17H24N4O2S/c1-10(2)16-21-20-15(24-16)9-19-17(23)18-8-14(22)13-6-11(3)5-12(4)7-13/h5-7,10,14,22H,8-9H2,1-4H3,(H2,18,19,23)/t14-/m0/s1. The van der Waals surface area contributed by atoms with Crippen LogP contribution in [0.4, 0.5) is 4.79 Å². The van der Waals surface area contributed by atoms with E-state index in [0.717, 1.165) is 26.7 Å². The number of carbonyl (C=O) groups is 1. The van der Waals surface area contributed by atoms with Gasteiger partial charge in [-0.05, 0) is 19.4 Å². The van der Waals surface area contributed by atoms with Crippen LogP contribution in [0.15, 0.2) is 18.2 Å². The Morgan fingerprint density at radius 2 is 1.83 bits per heavy atom. The van der Waals surface area contributed by atoms with Crippen molar-refractivity contribution in [3.63, 3.8) is 0 Å². The first-order valence-electron chi connectivity index (χ1n) is 7.95. The zero-order valence-electron chi connectivity index (χ0n) is 14.5. The Morgan fingerprint density at radius 3 is 2.42 bits per heavy atom. The number of urea groups is 1. The van der Waals surface area contributed by atoms with Crippen LogP contribution in [0.1, 0.15) is 52.6 Å². The summed E-state index contributed by atoms with van der Waals surface area (Å²) in [6.07, 6.45) is -0.733. The molecule has 2 aromatic rings. The van der Waals surface area contributed by atoms with E-state index in [1.165, 1.54) is 11.3 Å². The minimum absolute atomic E-state index is 0.155. The summed E-state index contributed by atoms with van der Waals surface area (Å²) >= 11 is 1.49. The predicted molar refractivity (Wildman–Crippen MR) is 95.1 cm³/mol. The molecule has 0 aliphatic heterocycles. The van der Waals surface area contributed by atoms with Crippen LogP contribution >= 0.6 is 11.3 Å². The molecule has 0 aliphatic rings. The fourth-order valence-electron chi connectivity index (χ4n) is 2.30. The lowest BCUT2D eigenvalue weighted by Crippen LogP contribution is -2.37. The molecule has 2 rings (SSSR count). The van der Waals surface area contributed by atoms with Gasteiger partial charge in [0.05, 0.1) is 12.6 Å². The van der Waals surface area contributed by atoms with Gasteiger partial charge in [0.1, 0.15) is 10.0 Å². The Labute approximate surface area is 146 Å². The molecule has 6 nitrogen and oxygen atoms in total. The van der Waals surface area contributed by atoms with Crippen LogP contribution in [0.5, 0.6) is 0 Å². The molecule has 1 aromatic heterocycles. The van der Waals surface area contributed by atoms with Gasteiger partial charge in [0, 0.05) is 12.5 Å². The smallest absolute Gasteiger partial charge is 0.315 e. The number of nitrogens with zero attached hydrogens (tertiary/aromatic N) is 2. The number of benzene rings is 1. The lowest BCUT2D eigenvalue weighted by Gasteiger charge is -2.14. The van der Waals surface area contributed by atoms with E-state index in [2.05, 4.69) is 34.7 Å². The van der Waals surface area contributed by atoms with E-state index in [-0.39, 0.29) is 12.6 Å².